The number of alkyl carbamates (subject to hydrolysis) is 1. The number of carbonyl (C=O) groups excluding carboxylic acids is 1. The Bertz CT molecular complexity index is 1150. The maximum atomic E-state index is 13.5. The second kappa shape index (κ2) is 8.29. The van der Waals surface area contributed by atoms with Gasteiger partial charge >= 0.3 is 12.3 Å². The van der Waals surface area contributed by atoms with Gasteiger partial charge in [0.05, 0.1) is 28.7 Å². The van der Waals surface area contributed by atoms with Crippen molar-refractivity contribution < 1.29 is 22.7 Å². The number of ether oxygens (including phenoxy) is 1. The minimum atomic E-state index is -4.73. The first-order valence-electron chi connectivity index (χ1n) is 9.36. The molecule has 0 saturated carbocycles. The van der Waals surface area contributed by atoms with Crippen LogP contribution in [0.4, 0.5) is 23.7 Å². The van der Waals surface area contributed by atoms with E-state index in [2.05, 4.69) is 15.7 Å². The minimum absolute atomic E-state index is 0.00605. The van der Waals surface area contributed by atoms with Crippen molar-refractivity contribution in [3.63, 3.8) is 0 Å². The van der Waals surface area contributed by atoms with Gasteiger partial charge in [0, 0.05) is 0 Å². The number of nitrogens with one attached hydrogen (secondary N) is 2. The van der Waals surface area contributed by atoms with Gasteiger partial charge in [-0.3, -0.25) is 10.2 Å². The number of anilines is 1. The fourth-order valence-electron chi connectivity index (χ4n) is 2.85. The quantitative estimate of drug-likeness (QED) is 0.639. The van der Waals surface area contributed by atoms with Gasteiger partial charge in [-0.05, 0) is 45.0 Å². The molecule has 0 saturated heterocycles. The zero-order valence-corrected chi connectivity index (χ0v) is 17.1. The fourth-order valence-corrected chi connectivity index (χ4v) is 2.85. The van der Waals surface area contributed by atoms with Crippen molar-refractivity contribution in [3.8, 4) is 0 Å². The molecule has 2 aromatic carbocycles. The van der Waals surface area contributed by atoms with E-state index in [1.165, 1.54) is 12.1 Å². The molecule has 10 heteroatoms. The Morgan fingerprint density at radius 2 is 1.74 bits per heavy atom. The van der Waals surface area contributed by atoms with Crippen molar-refractivity contribution in [2.24, 2.45) is 0 Å². The first-order chi connectivity index (χ1) is 14.5. The van der Waals surface area contributed by atoms with Gasteiger partial charge in [0.15, 0.2) is 5.82 Å². The van der Waals surface area contributed by atoms with Crippen molar-refractivity contribution in [1.29, 1.82) is 0 Å². The third-order valence-corrected chi connectivity index (χ3v) is 4.08. The van der Waals surface area contributed by atoms with E-state index in [-0.39, 0.29) is 17.9 Å². The van der Waals surface area contributed by atoms with Crippen LogP contribution < -0.4 is 16.3 Å². The van der Waals surface area contributed by atoms with Crippen LogP contribution in [0.3, 0.4) is 0 Å². The van der Waals surface area contributed by atoms with Gasteiger partial charge in [-0.1, -0.05) is 24.3 Å². The van der Waals surface area contributed by atoms with E-state index in [4.69, 9.17) is 4.74 Å². The summed E-state index contributed by atoms with van der Waals surface area (Å²) in [7, 11) is 0. The maximum Gasteiger partial charge on any atom is 0.417 e. The van der Waals surface area contributed by atoms with Crippen LogP contribution in [0.15, 0.2) is 53.3 Å². The zero-order chi connectivity index (χ0) is 22.8. The standard InChI is InChI=1S/C21H21F3N4O3/c1-20(2,3)31-19(30)25-12-16-26-15-11-7-10-14(21(22,23)24)17(15)18(29)28(16)27-13-8-5-4-6-9-13/h4-11,27H,12H2,1-3H3,(H,25,30). The van der Waals surface area contributed by atoms with Crippen LogP contribution in [-0.2, 0) is 17.5 Å². The van der Waals surface area contributed by atoms with Gasteiger partial charge in [-0.2, -0.15) is 13.2 Å². The minimum Gasteiger partial charge on any atom is -0.444 e. The lowest BCUT2D eigenvalue weighted by molar-refractivity contribution is -0.136. The average molecular weight is 434 g/mol. The topological polar surface area (TPSA) is 85.2 Å². The molecule has 0 aliphatic carbocycles. The molecule has 7 nitrogen and oxygen atoms in total. The van der Waals surface area contributed by atoms with Gasteiger partial charge in [0.25, 0.3) is 5.56 Å². The molecule has 0 unspecified atom stereocenters. The summed E-state index contributed by atoms with van der Waals surface area (Å²) in [5, 5.41) is 1.90. The number of hydrogen-bond donors (Lipinski definition) is 2. The summed E-state index contributed by atoms with van der Waals surface area (Å²) in [6, 6.07) is 11.7. The Morgan fingerprint density at radius 1 is 1.06 bits per heavy atom. The summed E-state index contributed by atoms with van der Waals surface area (Å²) in [4.78, 5) is 29.3. The molecule has 3 aromatic rings. The number of nitrogens with zero attached hydrogens (tertiary/aromatic N) is 2. The summed E-state index contributed by atoms with van der Waals surface area (Å²) in [5.41, 5.74) is 0.313. The van der Waals surface area contributed by atoms with Crippen molar-refractivity contribution in [3.05, 3.63) is 70.3 Å². The number of aromatic nitrogens is 2. The number of alkyl halides is 3. The van der Waals surface area contributed by atoms with Gasteiger partial charge in [-0.15, -0.1) is 0 Å². The fraction of sp³-hybridized carbons (Fsp3) is 0.286. The Labute approximate surface area is 175 Å². The largest absolute Gasteiger partial charge is 0.444 e. The Kier molecular flexibility index (Phi) is 5.92. The van der Waals surface area contributed by atoms with Crippen LogP contribution in [0.2, 0.25) is 0 Å². The molecular weight excluding hydrogens is 413 g/mol. The number of hydrogen-bond acceptors (Lipinski definition) is 5. The second-order valence-corrected chi connectivity index (χ2v) is 7.70. The molecule has 1 amide bonds. The molecule has 1 aromatic heterocycles. The van der Waals surface area contributed by atoms with E-state index < -0.39 is 34.4 Å². The first kappa shape index (κ1) is 22.1. The van der Waals surface area contributed by atoms with Crippen molar-refractivity contribution in [2.75, 3.05) is 5.43 Å². The Balaban J connectivity index is 2.10. The first-order valence-corrected chi connectivity index (χ1v) is 9.36. The van der Waals surface area contributed by atoms with Crippen LogP contribution in [0.5, 0.6) is 0 Å². The molecule has 1 heterocycles. The highest BCUT2D eigenvalue weighted by Gasteiger charge is 2.34. The molecule has 3 rings (SSSR count). The molecule has 0 radical (unpaired) electrons. The molecule has 0 atom stereocenters. The molecule has 0 aliphatic rings. The van der Waals surface area contributed by atoms with Crippen LogP contribution in [0, 0.1) is 0 Å². The van der Waals surface area contributed by atoms with E-state index in [1.807, 2.05) is 0 Å². The van der Waals surface area contributed by atoms with Crippen LogP contribution >= 0.6 is 0 Å². The molecule has 164 valence electrons. The van der Waals surface area contributed by atoms with Crippen molar-refractivity contribution >= 4 is 22.7 Å². The lowest BCUT2D eigenvalue weighted by atomic mass is 10.1. The second-order valence-electron chi connectivity index (χ2n) is 7.70. The van der Waals surface area contributed by atoms with Crippen LogP contribution in [0.25, 0.3) is 10.9 Å². The monoisotopic (exact) mass is 434 g/mol. The zero-order valence-electron chi connectivity index (χ0n) is 17.1. The number of amides is 1. The van der Waals surface area contributed by atoms with Gasteiger partial charge < -0.3 is 10.1 Å². The SMILES string of the molecule is CC(C)(C)OC(=O)NCc1nc2cccc(C(F)(F)F)c2c(=O)n1Nc1ccccc1. The molecule has 0 fully saturated rings. The third kappa shape index (κ3) is 5.33. The number of para-hydroxylation sites is 1. The summed E-state index contributed by atoms with van der Waals surface area (Å²) in [5.74, 6) is 0.00605. The van der Waals surface area contributed by atoms with Crippen LogP contribution in [-0.4, -0.2) is 21.4 Å². The number of rotatable bonds is 4. The Morgan fingerprint density at radius 3 is 2.35 bits per heavy atom. The smallest absolute Gasteiger partial charge is 0.417 e. The predicted octanol–water partition coefficient (Wildman–Crippen LogP) is 4.32. The number of fused-ring (bicyclic) bond motifs is 1. The highest BCUT2D eigenvalue weighted by molar-refractivity contribution is 5.82. The molecule has 31 heavy (non-hydrogen) atoms. The van der Waals surface area contributed by atoms with Crippen molar-refractivity contribution in [2.45, 2.75) is 39.1 Å². The van der Waals surface area contributed by atoms with E-state index in [0.717, 1.165) is 10.7 Å². The average Bonchev–Trinajstić information content (AvgIpc) is 2.67. The van der Waals surface area contributed by atoms with E-state index >= 15 is 0 Å². The van der Waals surface area contributed by atoms with Gasteiger partial charge in [-0.25, -0.2) is 14.5 Å². The predicted molar refractivity (Wildman–Crippen MR) is 110 cm³/mol. The van der Waals surface area contributed by atoms with Crippen molar-refractivity contribution in [1.82, 2.24) is 15.0 Å². The number of halogens is 3. The lowest BCUT2D eigenvalue weighted by Gasteiger charge is -2.21. The Hall–Kier alpha value is -3.56. The molecule has 0 spiro atoms. The summed E-state index contributed by atoms with van der Waals surface area (Å²) >= 11 is 0. The molecular formula is C21H21F3N4O3. The highest BCUT2D eigenvalue weighted by atomic mass is 19.4. The molecule has 0 bridgehead atoms. The van der Waals surface area contributed by atoms with E-state index in [1.54, 1.807) is 51.1 Å². The highest BCUT2D eigenvalue weighted by Crippen LogP contribution is 2.32. The van der Waals surface area contributed by atoms with Gasteiger partial charge in [0.2, 0.25) is 0 Å². The van der Waals surface area contributed by atoms with E-state index in [0.29, 0.717) is 5.69 Å². The van der Waals surface area contributed by atoms with Gasteiger partial charge in [0.1, 0.15) is 5.60 Å². The molecule has 0 aliphatic heterocycles. The normalized spacial score (nSPS) is 11.9. The molecule has 2 N–H and O–H groups in total. The lowest BCUT2D eigenvalue weighted by Crippen LogP contribution is -2.37. The van der Waals surface area contributed by atoms with E-state index in [9.17, 15) is 22.8 Å². The maximum absolute atomic E-state index is 13.5. The summed E-state index contributed by atoms with van der Waals surface area (Å²) in [6.45, 7) is 4.81. The summed E-state index contributed by atoms with van der Waals surface area (Å²) < 4.78 is 46.6. The third-order valence-electron chi connectivity index (χ3n) is 4.08. The van der Waals surface area contributed by atoms with Crippen LogP contribution in [0.1, 0.15) is 32.2 Å². The number of carbonyl (C=O) groups is 1. The number of benzene rings is 2. The summed E-state index contributed by atoms with van der Waals surface area (Å²) in [6.07, 6.45) is -5.49.